The predicted molar refractivity (Wildman–Crippen MR) is 105 cm³/mol. The molecule has 0 spiro atoms. The minimum absolute atomic E-state index is 0.679. The van der Waals surface area contributed by atoms with Gasteiger partial charge < -0.3 is 9.47 Å². The fourth-order valence-electron chi connectivity index (χ4n) is 3.08. The molecule has 4 heteroatoms. The molecule has 0 atom stereocenters. The molecule has 0 aromatic heterocycles. The van der Waals surface area contributed by atoms with E-state index < -0.39 is 0 Å². The zero-order chi connectivity index (χ0) is 18.5. The van der Waals surface area contributed by atoms with Gasteiger partial charge in [0.25, 0.3) is 0 Å². The van der Waals surface area contributed by atoms with Crippen LogP contribution in [0.4, 0.5) is 11.4 Å². The summed E-state index contributed by atoms with van der Waals surface area (Å²) in [6.07, 6.45) is 0. The van der Waals surface area contributed by atoms with Gasteiger partial charge in [0.05, 0.1) is 14.2 Å². The van der Waals surface area contributed by atoms with E-state index in [1.807, 2.05) is 48.5 Å². The summed E-state index contributed by atoms with van der Waals surface area (Å²) in [5.74, 6) is 1.39. The van der Waals surface area contributed by atoms with Crippen molar-refractivity contribution in [2.75, 3.05) is 14.2 Å². The zero-order valence-corrected chi connectivity index (χ0v) is 15.5. The largest absolute Gasteiger partial charge is 0.494 e. The first-order chi connectivity index (χ1) is 12.7. The van der Waals surface area contributed by atoms with E-state index >= 15 is 0 Å². The summed E-state index contributed by atoms with van der Waals surface area (Å²) in [5.41, 5.74) is 5.88. The standard InChI is InChI=1S/C22H22N2O2/c1-15-14-20(26-4)22(16(2)21(15)17-10-6-5-7-11-17)24-23-18-12-8-9-13-19(18)25-3/h5-14H,1-4H3. The topological polar surface area (TPSA) is 43.2 Å². The molecule has 0 fully saturated rings. The Labute approximate surface area is 154 Å². The van der Waals surface area contributed by atoms with Crippen molar-refractivity contribution in [1.29, 1.82) is 0 Å². The monoisotopic (exact) mass is 346 g/mol. The second-order valence-electron chi connectivity index (χ2n) is 5.98. The van der Waals surface area contributed by atoms with Gasteiger partial charge in [0.2, 0.25) is 0 Å². The molecule has 0 radical (unpaired) electrons. The summed E-state index contributed by atoms with van der Waals surface area (Å²) >= 11 is 0. The Bertz CT molecular complexity index is 934. The van der Waals surface area contributed by atoms with Crippen molar-refractivity contribution in [3.8, 4) is 22.6 Å². The first kappa shape index (κ1) is 17.7. The van der Waals surface area contributed by atoms with Gasteiger partial charge in [-0.2, -0.15) is 0 Å². The first-order valence-corrected chi connectivity index (χ1v) is 8.44. The lowest BCUT2D eigenvalue weighted by Crippen LogP contribution is -1.93. The van der Waals surface area contributed by atoms with Gasteiger partial charge >= 0.3 is 0 Å². The summed E-state index contributed by atoms with van der Waals surface area (Å²) in [7, 11) is 3.28. The number of benzene rings is 3. The third kappa shape index (κ3) is 3.45. The molecule has 0 N–H and O–H groups in total. The SMILES string of the molecule is COc1ccccc1N=Nc1c(OC)cc(C)c(-c2ccccc2)c1C. The number of hydrogen-bond acceptors (Lipinski definition) is 4. The van der Waals surface area contributed by atoms with Crippen molar-refractivity contribution in [3.63, 3.8) is 0 Å². The quantitative estimate of drug-likeness (QED) is 0.501. The van der Waals surface area contributed by atoms with Crippen LogP contribution in [0, 0.1) is 13.8 Å². The summed E-state index contributed by atoms with van der Waals surface area (Å²) in [6.45, 7) is 4.13. The minimum atomic E-state index is 0.679. The van der Waals surface area contributed by atoms with Crippen LogP contribution >= 0.6 is 0 Å². The highest BCUT2D eigenvalue weighted by molar-refractivity contribution is 5.79. The smallest absolute Gasteiger partial charge is 0.146 e. The fraction of sp³-hybridized carbons (Fsp3) is 0.182. The Morgan fingerprint density at radius 1 is 0.731 bits per heavy atom. The van der Waals surface area contributed by atoms with E-state index in [1.165, 1.54) is 0 Å². The molecule has 0 heterocycles. The van der Waals surface area contributed by atoms with Crippen molar-refractivity contribution in [2.24, 2.45) is 10.2 Å². The highest BCUT2D eigenvalue weighted by Gasteiger charge is 2.15. The Hall–Kier alpha value is -3.14. The van der Waals surface area contributed by atoms with Gasteiger partial charge in [0.15, 0.2) is 0 Å². The fourth-order valence-corrected chi connectivity index (χ4v) is 3.08. The average Bonchev–Trinajstić information content (AvgIpc) is 2.68. The molecule has 3 aromatic rings. The van der Waals surface area contributed by atoms with Crippen molar-refractivity contribution >= 4 is 11.4 Å². The van der Waals surface area contributed by atoms with Crippen molar-refractivity contribution in [2.45, 2.75) is 13.8 Å². The van der Waals surface area contributed by atoms with E-state index in [4.69, 9.17) is 9.47 Å². The summed E-state index contributed by atoms with van der Waals surface area (Å²) in [6, 6.07) is 19.8. The third-order valence-corrected chi connectivity index (χ3v) is 4.33. The highest BCUT2D eigenvalue weighted by atomic mass is 16.5. The Morgan fingerprint density at radius 2 is 1.38 bits per heavy atom. The molecular formula is C22H22N2O2. The number of methoxy groups -OCH3 is 2. The van der Waals surface area contributed by atoms with Crippen LogP contribution in [0.3, 0.4) is 0 Å². The number of aryl methyl sites for hydroxylation is 1. The molecule has 132 valence electrons. The maximum absolute atomic E-state index is 5.56. The van der Waals surface area contributed by atoms with Gasteiger partial charge in [-0.05, 0) is 54.3 Å². The predicted octanol–water partition coefficient (Wildman–Crippen LogP) is 6.40. The summed E-state index contributed by atoms with van der Waals surface area (Å²) in [4.78, 5) is 0. The molecule has 0 bridgehead atoms. The maximum atomic E-state index is 5.56. The van der Waals surface area contributed by atoms with Crippen LogP contribution in [0.2, 0.25) is 0 Å². The van der Waals surface area contributed by atoms with Gasteiger partial charge in [-0.25, -0.2) is 0 Å². The van der Waals surface area contributed by atoms with Gasteiger partial charge in [-0.1, -0.05) is 42.5 Å². The van der Waals surface area contributed by atoms with Crippen molar-refractivity contribution in [1.82, 2.24) is 0 Å². The molecule has 26 heavy (non-hydrogen) atoms. The number of para-hydroxylation sites is 1. The molecular weight excluding hydrogens is 324 g/mol. The van der Waals surface area contributed by atoms with E-state index in [9.17, 15) is 0 Å². The molecule has 0 saturated carbocycles. The van der Waals surface area contributed by atoms with E-state index in [1.54, 1.807) is 14.2 Å². The molecule has 0 aliphatic carbocycles. The Balaban J connectivity index is 2.13. The van der Waals surface area contributed by atoms with E-state index in [2.05, 4.69) is 36.2 Å². The lowest BCUT2D eigenvalue weighted by molar-refractivity contribution is 0.414. The summed E-state index contributed by atoms with van der Waals surface area (Å²) < 4.78 is 10.9. The van der Waals surface area contributed by atoms with Crippen LogP contribution in [0.15, 0.2) is 70.9 Å². The Kier molecular flexibility index (Phi) is 5.32. The second kappa shape index (κ2) is 7.83. The van der Waals surface area contributed by atoms with Crippen LogP contribution in [0.25, 0.3) is 11.1 Å². The third-order valence-electron chi connectivity index (χ3n) is 4.33. The number of nitrogens with zero attached hydrogens (tertiary/aromatic N) is 2. The molecule has 0 unspecified atom stereocenters. The first-order valence-electron chi connectivity index (χ1n) is 8.44. The van der Waals surface area contributed by atoms with Crippen molar-refractivity contribution < 1.29 is 9.47 Å². The van der Waals surface area contributed by atoms with E-state index in [-0.39, 0.29) is 0 Å². The molecule has 3 aromatic carbocycles. The summed E-state index contributed by atoms with van der Waals surface area (Å²) in [5, 5.41) is 8.90. The van der Waals surface area contributed by atoms with Crippen LogP contribution in [-0.2, 0) is 0 Å². The van der Waals surface area contributed by atoms with E-state index in [0.717, 1.165) is 27.9 Å². The lowest BCUT2D eigenvalue weighted by atomic mass is 9.94. The Morgan fingerprint density at radius 3 is 2.08 bits per heavy atom. The number of hydrogen-bond donors (Lipinski definition) is 0. The number of rotatable bonds is 5. The molecule has 4 nitrogen and oxygen atoms in total. The molecule has 0 aliphatic rings. The molecule has 0 amide bonds. The normalized spacial score (nSPS) is 10.9. The van der Waals surface area contributed by atoms with Gasteiger partial charge in [0.1, 0.15) is 22.9 Å². The lowest BCUT2D eigenvalue weighted by Gasteiger charge is -2.15. The van der Waals surface area contributed by atoms with Crippen LogP contribution in [0.1, 0.15) is 11.1 Å². The average molecular weight is 346 g/mol. The number of azo groups is 1. The van der Waals surface area contributed by atoms with Gasteiger partial charge in [-0.15, -0.1) is 10.2 Å². The highest BCUT2D eigenvalue weighted by Crippen LogP contribution is 2.41. The second-order valence-corrected chi connectivity index (χ2v) is 5.98. The molecule has 0 aliphatic heterocycles. The van der Waals surface area contributed by atoms with Gasteiger partial charge in [0, 0.05) is 0 Å². The van der Waals surface area contributed by atoms with Crippen LogP contribution < -0.4 is 9.47 Å². The van der Waals surface area contributed by atoms with E-state index in [0.29, 0.717) is 17.2 Å². The zero-order valence-electron chi connectivity index (χ0n) is 15.5. The van der Waals surface area contributed by atoms with Crippen LogP contribution in [-0.4, -0.2) is 14.2 Å². The number of ether oxygens (including phenoxy) is 2. The minimum Gasteiger partial charge on any atom is -0.494 e. The van der Waals surface area contributed by atoms with Crippen molar-refractivity contribution in [3.05, 3.63) is 71.8 Å². The molecule has 3 rings (SSSR count). The van der Waals surface area contributed by atoms with Gasteiger partial charge in [-0.3, -0.25) is 0 Å². The molecule has 0 saturated heterocycles. The maximum Gasteiger partial charge on any atom is 0.146 e. The van der Waals surface area contributed by atoms with Crippen LogP contribution in [0.5, 0.6) is 11.5 Å².